The molecular formula is C31H26BrNO7. The molecule has 3 aromatic carbocycles. The van der Waals surface area contributed by atoms with Gasteiger partial charge in [-0.3, -0.25) is 9.59 Å². The highest BCUT2D eigenvalue weighted by Crippen LogP contribution is 2.37. The highest BCUT2D eigenvalue weighted by Gasteiger charge is 2.35. The Bertz CT molecular complexity index is 1580. The number of halogens is 1. The molecule has 204 valence electrons. The van der Waals surface area contributed by atoms with E-state index in [1.807, 2.05) is 48.8 Å². The standard InChI is InChI=1S/C31H25NO7.BrH/c1-38-22-9-7-20(8-10-22)18-32-13-11-19(12-14-32)4-3-15-39-31(37)21-16-24-28(26(34)17-21)30(36)27-23(29(24)35)5-2-6-25(27)33;/h2,5-14,16-17H,3-4,15,18H2,1H3,(H-,33,34,36);1H. The predicted octanol–water partition coefficient (Wildman–Crippen LogP) is 1.01. The summed E-state index contributed by atoms with van der Waals surface area (Å²) in [7, 11) is 1.64. The lowest BCUT2D eigenvalue weighted by Crippen LogP contribution is -3.00. The summed E-state index contributed by atoms with van der Waals surface area (Å²) in [6.07, 6.45) is 5.27. The van der Waals surface area contributed by atoms with Crippen molar-refractivity contribution in [2.75, 3.05) is 13.7 Å². The lowest BCUT2D eigenvalue weighted by atomic mass is 9.82. The van der Waals surface area contributed by atoms with Crippen molar-refractivity contribution in [1.29, 1.82) is 0 Å². The van der Waals surface area contributed by atoms with E-state index in [-0.39, 0.29) is 57.2 Å². The summed E-state index contributed by atoms with van der Waals surface area (Å²) in [5, 5.41) is 20.5. The van der Waals surface area contributed by atoms with Crippen LogP contribution in [-0.2, 0) is 17.7 Å². The molecular weight excluding hydrogens is 578 g/mol. The molecule has 1 heterocycles. The molecule has 4 aromatic rings. The van der Waals surface area contributed by atoms with Crippen LogP contribution in [0.5, 0.6) is 17.2 Å². The number of ether oxygens (including phenoxy) is 2. The van der Waals surface area contributed by atoms with Gasteiger partial charge < -0.3 is 36.7 Å². The second kappa shape index (κ2) is 12.1. The Labute approximate surface area is 241 Å². The summed E-state index contributed by atoms with van der Waals surface area (Å²) in [5.74, 6) is -1.99. The van der Waals surface area contributed by atoms with Crippen molar-refractivity contribution in [2.45, 2.75) is 19.4 Å². The number of rotatable bonds is 8. The van der Waals surface area contributed by atoms with E-state index in [9.17, 15) is 24.6 Å². The molecule has 0 atom stereocenters. The minimum atomic E-state index is -0.708. The largest absolute Gasteiger partial charge is 1.00 e. The molecule has 1 aliphatic rings. The van der Waals surface area contributed by atoms with Crippen LogP contribution in [-0.4, -0.2) is 41.5 Å². The maximum atomic E-state index is 13.0. The molecule has 2 N–H and O–H groups in total. The summed E-state index contributed by atoms with van der Waals surface area (Å²) < 4.78 is 12.6. The van der Waals surface area contributed by atoms with E-state index in [0.717, 1.165) is 29.5 Å². The van der Waals surface area contributed by atoms with E-state index in [1.54, 1.807) is 7.11 Å². The zero-order valence-corrected chi connectivity index (χ0v) is 23.2. The van der Waals surface area contributed by atoms with E-state index < -0.39 is 23.3 Å². The molecule has 0 saturated carbocycles. The molecule has 5 rings (SSSR count). The van der Waals surface area contributed by atoms with Crippen molar-refractivity contribution < 1.29 is 55.6 Å². The average molecular weight is 604 g/mol. The summed E-state index contributed by atoms with van der Waals surface area (Å²) >= 11 is 0. The molecule has 0 amide bonds. The first-order chi connectivity index (χ1) is 18.9. The van der Waals surface area contributed by atoms with Crippen LogP contribution >= 0.6 is 0 Å². The predicted molar refractivity (Wildman–Crippen MR) is 140 cm³/mol. The van der Waals surface area contributed by atoms with Crippen molar-refractivity contribution in [3.8, 4) is 17.2 Å². The van der Waals surface area contributed by atoms with Crippen LogP contribution in [0.15, 0.2) is 79.1 Å². The van der Waals surface area contributed by atoms with Crippen LogP contribution in [0.2, 0.25) is 0 Å². The number of aromatic nitrogens is 1. The zero-order chi connectivity index (χ0) is 27.5. The number of ketones is 2. The van der Waals surface area contributed by atoms with Crippen LogP contribution in [0.4, 0.5) is 0 Å². The normalized spacial score (nSPS) is 11.7. The van der Waals surface area contributed by atoms with Gasteiger partial charge in [-0.25, -0.2) is 9.36 Å². The fraction of sp³-hybridized carbons (Fsp3) is 0.161. The van der Waals surface area contributed by atoms with E-state index >= 15 is 0 Å². The molecule has 0 fully saturated rings. The summed E-state index contributed by atoms with van der Waals surface area (Å²) in [4.78, 5) is 38.5. The number of pyridine rings is 1. The Morgan fingerprint density at radius 2 is 1.52 bits per heavy atom. The number of hydrogen-bond donors (Lipinski definition) is 2. The number of aryl methyl sites for hydroxylation is 1. The fourth-order valence-corrected chi connectivity index (χ4v) is 4.63. The third-order valence-corrected chi connectivity index (χ3v) is 6.67. The Balaban J connectivity index is 0.00000370. The molecule has 0 bridgehead atoms. The van der Waals surface area contributed by atoms with Gasteiger partial charge in [0.15, 0.2) is 24.7 Å². The zero-order valence-electron chi connectivity index (χ0n) is 21.6. The van der Waals surface area contributed by atoms with Gasteiger partial charge in [0.1, 0.15) is 17.2 Å². The molecule has 40 heavy (non-hydrogen) atoms. The van der Waals surface area contributed by atoms with Crippen LogP contribution in [0.25, 0.3) is 0 Å². The Hall–Kier alpha value is -4.50. The van der Waals surface area contributed by atoms with E-state index in [1.165, 1.54) is 24.3 Å². The average Bonchev–Trinajstić information content (AvgIpc) is 2.94. The number of carbonyl (C=O) groups is 3. The monoisotopic (exact) mass is 603 g/mol. The number of nitrogens with zero attached hydrogens (tertiary/aromatic N) is 1. The molecule has 0 spiro atoms. The Kier molecular flexibility index (Phi) is 8.64. The molecule has 0 radical (unpaired) electrons. The molecule has 9 heteroatoms. The number of esters is 1. The number of fused-ring (bicyclic) bond motifs is 2. The second-order valence-corrected chi connectivity index (χ2v) is 9.24. The van der Waals surface area contributed by atoms with Crippen LogP contribution in [0.1, 0.15) is 59.7 Å². The number of benzene rings is 3. The van der Waals surface area contributed by atoms with Crippen molar-refractivity contribution in [3.63, 3.8) is 0 Å². The third kappa shape index (κ3) is 5.74. The SMILES string of the molecule is COc1ccc(C[n+]2ccc(CCCOC(=O)c3cc(O)c4c(c3)C(=O)c3cccc(O)c3C4=O)cc2)cc1.[Br-]. The molecule has 0 aliphatic heterocycles. The Morgan fingerprint density at radius 3 is 2.23 bits per heavy atom. The van der Waals surface area contributed by atoms with Gasteiger partial charge in [0.25, 0.3) is 0 Å². The highest BCUT2D eigenvalue weighted by molar-refractivity contribution is 6.30. The van der Waals surface area contributed by atoms with E-state index in [2.05, 4.69) is 4.57 Å². The maximum Gasteiger partial charge on any atom is 0.338 e. The summed E-state index contributed by atoms with van der Waals surface area (Å²) in [6.45, 7) is 0.872. The van der Waals surface area contributed by atoms with Crippen molar-refractivity contribution in [2.24, 2.45) is 0 Å². The molecule has 8 nitrogen and oxygen atoms in total. The lowest BCUT2D eigenvalue weighted by Gasteiger charge is -2.19. The van der Waals surface area contributed by atoms with Crippen molar-refractivity contribution in [1.82, 2.24) is 0 Å². The van der Waals surface area contributed by atoms with Gasteiger partial charge in [0.2, 0.25) is 5.78 Å². The molecule has 0 saturated heterocycles. The quantitative estimate of drug-likeness (QED) is 0.155. The number of hydrogen-bond acceptors (Lipinski definition) is 7. The highest BCUT2D eigenvalue weighted by atomic mass is 79.9. The van der Waals surface area contributed by atoms with Gasteiger partial charge in [0.05, 0.1) is 30.4 Å². The fourth-order valence-electron chi connectivity index (χ4n) is 4.63. The number of phenols is 2. The summed E-state index contributed by atoms with van der Waals surface area (Å²) in [5.41, 5.74) is 1.74. The number of methoxy groups -OCH3 is 1. The van der Waals surface area contributed by atoms with Gasteiger partial charge in [-0.2, -0.15) is 0 Å². The van der Waals surface area contributed by atoms with Gasteiger partial charge in [-0.05, 0) is 60.9 Å². The maximum absolute atomic E-state index is 13.0. The Morgan fingerprint density at radius 1 is 0.825 bits per heavy atom. The first kappa shape index (κ1) is 28.5. The lowest BCUT2D eigenvalue weighted by molar-refractivity contribution is -0.688. The molecule has 0 unspecified atom stereocenters. The van der Waals surface area contributed by atoms with Crippen molar-refractivity contribution >= 4 is 17.5 Å². The first-order valence-corrected chi connectivity index (χ1v) is 12.4. The number of carbonyl (C=O) groups excluding carboxylic acids is 3. The summed E-state index contributed by atoms with van der Waals surface area (Å²) in [6, 6.07) is 18.5. The van der Waals surface area contributed by atoms with E-state index in [0.29, 0.717) is 12.8 Å². The number of phenolic OH excluding ortho intramolecular Hbond substituents is 2. The van der Waals surface area contributed by atoms with Gasteiger partial charge in [0, 0.05) is 28.8 Å². The molecule has 1 aliphatic carbocycles. The van der Waals surface area contributed by atoms with Crippen LogP contribution < -0.4 is 26.3 Å². The molecule has 1 aromatic heterocycles. The van der Waals surface area contributed by atoms with Crippen LogP contribution in [0.3, 0.4) is 0 Å². The number of aromatic hydroxyl groups is 2. The van der Waals surface area contributed by atoms with E-state index in [4.69, 9.17) is 9.47 Å². The van der Waals surface area contributed by atoms with Gasteiger partial charge in [-0.15, -0.1) is 0 Å². The topological polar surface area (TPSA) is 114 Å². The van der Waals surface area contributed by atoms with Gasteiger partial charge >= 0.3 is 5.97 Å². The van der Waals surface area contributed by atoms with Crippen molar-refractivity contribution in [3.05, 3.63) is 118 Å². The smallest absolute Gasteiger partial charge is 0.338 e. The third-order valence-electron chi connectivity index (χ3n) is 6.67. The van der Waals surface area contributed by atoms with Gasteiger partial charge in [-0.1, -0.05) is 12.1 Å². The minimum absolute atomic E-state index is 0. The minimum Gasteiger partial charge on any atom is -1.00 e. The first-order valence-electron chi connectivity index (χ1n) is 12.4. The van der Waals surface area contributed by atoms with Crippen LogP contribution in [0, 0.1) is 0 Å². The second-order valence-electron chi connectivity index (χ2n) is 9.24.